The number of hydrogen-bond donors (Lipinski definition) is 1. The van der Waals surface area contributed by atoms with Crippen LogP contribution in [0.3, 0.4) is 0 Å². The Balaban J connectivity index is 1.33. The van der Waals surface area contributed by atoms with Crippen molar-refractivity contribution in [1.82, 2.24) is 29.7 Å². The number of carbonyl (C=O) groups excluding carboxylic acids is 3. The third-order valence-corrected chi connectivity index (χ3v) is 8.17. The number of nitrogens with zero attached hydrogens (tertiary/aromatic N) is 7. The standard InChI is InChI=1S/C38H54N8O6/c1-37(2,3)51-33(47)26-45-20-21-46(31(25-45)34(48)50-9)24-27-12-10-13-29(22-27)41-35-39-17-16-30(42-35)28-14-15-32(40-23-28)43(7)18-11-19-44(8)36(49)52-38(4,5)6/h10,12-17,22-23,31H,11,18-21,24-26H2,1-9H3,(H,39,41,42). The second kappa shape index (κ2) is 17.6. The number of piperazine rings is 1. The fraction of sp³-hybridized carbons (Fsp3) is 0.526. The Labute approximate surface area is 307 Å². The third kappa shape index (κ3) is 12.4. The maximum atomic E-state index is 12.8. The van der Waals surface area contributed by atoms with Crippen molar-refractivity contribution in [1.29, 1.82) is 0 Å². The van der Waals surface area contributed by atoms with Crippen LogP contribution in [0.2, 0.25) is 0 Å². The first kappa shape index (κ1) is 40.0. The number of ether oxygens (including phenoxy) is 3. The number of rotatable bonds is 13. The van der Waals surface area contributed by atoms with Gasteiger partial charge in [0.15, 0.2) is 0 Å². The first-order chi connectivity index (χ1) is 24.5. The fourth-order valence-electron chi connectivity index (χ4n) is 5.67. The molecule has 0 saturated carbocycles. The number of carbonyl (C=O) groups is 3. The van der Waals surface area contributed by atoms with Gasteiger partial charge in [-0.2, -0.15) is 0 Å². The van der Waals surface area contributed by atoms with Gasteiger partial charge in [-0.3, -0.25) is 19.4 Å². The predicted molar refractivity (Wildman–Crippen MR) is 200 cm³/mol. The minimum atomic E-state index is -0.571. The molecular weight excluding hydrogens is 664 g/mol. The quantitative estimate of drug-likeness (QED) is 0.188. The number of esters is 2. The van der Waals surface area contributed by atoms with E-state index in [1.54, 1.807) is 24.3 Å². The molecule has 282 valence electrons. The van der Waals surface area contributed by atoms with Crippen molar-refractivity contribution in [3.63, 3.8) is 0 Å². The summed E-state index contributed by atoms with van der Waals surface area (Å²) in [5.74, 6) is 0.592. The summed E-state index contributed by atoms with van der Waals surface area (Å²) >= 11 is 0. The Hall–Kier alpha value is -4.82. The molecule has 1 atom stereocenters. The van der Waals surface area contributed by atoms with Gasteiger partial charge in [-0.05, 0) is 83.9 Å². The molecule has 14 heteroatoms. The predicted octanol–water partition coefficient (Wildman–Crippen LogP) is 4.98. The summed E-state index contributed by atoms with van der Waals surface area (Å²) < 4.78 is 16.0. The van der Waals surface area contributed by atoms with Crippen LogP contribution in [0.15, 0.2) is 54.9 Å². The van der Waals surface area contributed by atoms with E-state index >= 15 is 0 Å². The number of nitrogens with one attached hydrogen (secondary N) is 1. The molecule has 14 nitrogen and oxygen atoms in total. The fourth-order valence-corrected chi connectivity index (χ4v) is 5.67. The highest BCUT2D eigenvalue weighted by Crippen LogP contribution is 2.23. The Bertz CT molecular complexity index is 1660. The molecule has 3 aromatic rings. The molecule has 2 aromatic heterocycles. The van der Waals surface area contributed by atoms with Gasteiger partial charge in [0.1, 0.15) is 23.1 Å². The third-order valence-electron chi connectivity index (χ3n) is 8.17. The van der Waals surface area contributed by atoms with Gasteiger partial charge in [0.2, 0.25) is 5.95 Å². The summed E-state index contributed by atoms with van der Waals surface area (Å²) in [7, 11) is 5.09. The summed E-state index contributed by atoms with van der Waals surface area (Å²) in [6.07, 6.45) is 3.92. The highest BCUT2D eigenvalue weighted by molar-refractivity contribution is 5.77. The van der Waals surface area contributed by atoms with Gasteiger partial charge in [-0.15, -0.1) is 0 Å². The minimum absolute atomic E-state index is 0.116. The van der Waals surface area contributed by atoms with Crippen LogP contribution in [0, 0.1) is 0 Å². The Morgan fingerprint density at radius 3 is 2.37 bits per heavy atom. The van der Waals surface area contributed by atoms with Crippen molar-refractivity contribution in [3.05, 3.63) is 60.4 Å². The summed E-state index contributed by atoms with van der Waals surface area (Å²) in [4.78, 5) is 58.9. The monoisotopic (exact) mass is 718 g/mol. The zero-order valence-electron chi connectivity index (χ0n) is 32.0. The molecule has 0 radical (unpaired) electrons. The SMILES string of the molecule is COC(=O)C1CN(CC(=O)OC(C)(C)C)CCN1Cc1cccc(Nc2nccc(-c3ccc(N(C)CCCN(C)C(=O)OC(C)(C)C)nc3)n2)c1. The van der Waals surface area contributed by atoms with Crippen LogP contribution in [0.5, 0.6) is 0 Å². The van der Waals surface area contributed by atoms with Gasteiger partial charge < -0.3 is 29.3 Å². The molecular formula is C38H54N8O6. The van der Waals surface area contributed by atoms with E-state index in [9.17, 15) is 14.4 Å². The van der Waals surface area contributed by atoms with E-state index in [0.29, 0.717) is 45.2 Å². The molecule has 1 aliphatic rings. The molecule has 1 N–H and O–H groups in total. The molecule has 0 bridgehead atoms. The van der Waals surface area contributed by atoms with Gasteiger partial charge >= 0.3 is 18.0 Å². The van der Waals surface area contributed by atoms with E-state index in [1.165, 1.54) is 7.11 Å². The van der Waals surface area contributed by atoms with Crippen molar-refractivity contribution < 1.29 is 28.6 Å². The second-order valence-corrected chi connectivity index (χ2v) is 15.0. The molecule has 4 rings (SSSR count). The van der Waals surface area contributed by atoms with Crippen molar-refractivity contribution in [2.45, 2.75) is 71.8 Å². The highest BCUT2D eigenvalue weighted by Gasteiger charge is 2.34. The van der Waals surface area contributed by atoms with Gasteiger partial charge in [0.05, 0.1) is 19.3 Å². The smallest absolute Gasteiger partial charge is 0.410 e. The summed E-state index contributed by atoms with van der Waals surface area (Å²) in [6, 6.07) is 13.1. The largest absolute Gasteiger partial charge is 0.468 e. The highest BCUT2D eigenvalue weighted by atomic mass is 16.6. The van der Waals surface area contributed by atoms with Crippen LogP contribution in [0.25, 0.3) is 11.3 Å². The van der Waals surface area contributed by atoms with Gasteiger partial charge in [-0.1, -0.05) is 12.1 Å². The van der Waals surface area contributed by atoms with Crippen molar-refractivity contribution in [2.24, 2.45) is 0 Å². The molecule has 1 aliphatic heterocycles. The number of benzene rings is 1. The number of amides is 1. The summed E-state index contributed by atoms with van der Waals surface area (Å²) in [5.41, 5.74) is 2.28. The van der Waals surface area contributed by atoms with Crippen LogP contribution in [0.4, 0.5) is 22.2 Å². The van der Waals surface area contributed by atoms with E-state index in [-0.39, 0.29) is 24.6 Å². The average molecular weight is 719 g/mol. The molecule has 52 heavy (non-hydrogen) atoms. The van der Waals surface area contributed by atoms with Gasteiger partial charge in [0.25, 0.3) is 0 Å². The summed E-state index contributed by atoms with van der Waals surface area (Å²) in [6.45, 7) is 14.6. The second-order valence-electron chi connectivity index (χ2n) is 15.0. The minimum Gasteiger partial charge on any atom is -0.468 e. The first-order valence-corrected chi connectivity index (χ1v) is 17.6. The van der Waals surface area contributed by atoms with Crippen LogP contribution in [0.1, 0.15) is 53.5 Å². The molecule has 1 saturated heterocycles. The Morgan fingerprint density at radius 1 is 0.942 bits per heavy atom. The molecule has 1 amide bonds. The lowest BCUT2D eigenvalue weighted by molar-refractivity contribution is -0.159. The Kier molecular flexibility index (Phi) is 13.5. The number of aromatic nitrogens is 3. The normalized spacial score (nSPS) is 15.4. The lowest BCUT2D eigenvalue weighted by Crippen LogP contribution is -2.57. The molecule has 1 unspecified atom stereocenters. The number of hydrogen-bond acceptors (Lipinski definition) is 13. The number of pyridine rings is 1. The lowest BCUT2D eigenvalue weighted by atomic mass is 10.1. The maximum absolute atomic E-state index is 12.8. The maximum Gasteiger partial charge on any atom is 0.410 e. The number of anilines is 3. The van der Waals surface area contributed by atoms with Crippen LogP contribution in [-0.4, -0.2) is 125 Å². The molecule has 1 fully saturated rings. The zero-order valence-corrected chi connectivity index (χ0v) is 32.0. The van der Waals surface area contributed by atoms with Crippen LogP contribution >= 0.6 is 0 Å². The topological polar surface area (TPSA) is 143 Å². The lowest BCUT2D eigenvalue weighted by Gasteiger charge is -2.39. The first-order valence-electron chi connectivity index (χ1n) is 17.6. The van der Waals surface area contributed by atoms with Crippen molar-refractivity contribution in [3.8, 4) is 11.3 Å². The van der Waals surface area contributed by atoms with E-state index in [1.807, 2.05) is 101 Å². The zero-order chi connectivity index (χ0) is 38.1. The average Bonchev–Trinajstić information content (AvgIpc) is 3.07. The molecule has 1 aromatic carbocycles. The molecule has 0 aliphatic carbocycles. The Morgan fingerprint density at radius 2 is 1.69 bits per heavy atom. The van der Waals surface area contributed by atoms with E-state index in [4.69, 9.17) is 19.2 Å². The summed E-state index contributed by atoms with van der Waals surface area (Å²) in [5, 5.41) is 3.31. The van der Waals surface area contributed by atoms with E-state index < -0.39 is 17.2 Å². The van der Waals surface area contributed by atoms with Crippen LogP contribution < -0.4 is 10.2 Å². The van der Waals surface area contributed by atoms with E-state index in [2.05, 4.69) is 20.2 Å². The van der Waals surface area contributed by atoms with Gasteiger partial charge in [-0.25, -0.2) is 19.7 Å². The van der Waals surface area contributed by atoms with Gasteiger partial charge in [0, 0.05) is 77.0 Å². The van der Waals surface area contributed by atoms with Crippen LogP contribution in [-0.2, 0) is 30.3 Å². The molecule has 3 heterocycles. The van der Waals surface area contributed by atoms with E-state index in [0.717, 1.165) is 34.7 Å². The molecule has 0 spiro atoms. The van der Waals surface area contributed by atoms with Crippen molar-refractivity contribution in [2.75, 3.05) is 70.7 Å². The number of methoxy groups -OCH3 is 1. The van der Waals surface area contributed by atoms with Crippen molar-refractivity contribution >= 4 is 35.5 Å².